The molecule has 0 spiro atoms. The smallest absolute Gasteiger partial charge is 0.149 e. The lowest BCUT2D eigenvalue weighted by atomic mass is 10.5. The summed E-state index contributed by atoms with van der Waals surface area (Å²) in [4.78, 5) is 3.98. The first-order chi connectivity index (χ1) is 6.01. The normalized spacial score (nSPS) is 11.8. The quantitative estimate of drug-likeness (QED) is 0.708. The minimum atomic E-state index is -2.90. The molecule has 1 aromatic rings. The maximum absolute atomic E-state index is 10.8. The molecule has 0 bridgehead atoms. The van der Waals surface area contributed by atoms with Crippen molar-refractivity contribution in [2.45, 2.75) is 13.1 Å². The zero-order chi connectivity index (χ0) is 9.90. The summed E-state index contributed by atoms with van der Waals surface area (Å²) in [5, 5.41) is 0. The van der Waals surface area contributed by atoms with E-state index in [4.69, 9.17) is 5.73 Å². The van der Waals surface area contributed by atoms with Crippen molar-refractivity contribution in [2.24, 2.45) is 5.73 Å². The van der Waals surface area contributed by atoms with Gasteiger partial charge in [-0.15, -0.1) is 0 Å². The summed E-state index contributed by atoms with van der Waals surface area (Å²) < 4.78 is 23.4. The SMILES string of the molecule is CS(=O)(=O)CCn1cnc(CN)c1. The van der Waals surface area contributed by atoms with Crippen molar-refractivity contribution in [1.29, 1.82) is 0 Å². The second-order valence-electron chi connectivity index (χ2n) is 2.94. The first-order valence-corrected chi connectivity index (χ1v) is 5.96. The van der Waals surface area contributed by atoms with E-state index in [2.05, 4.69) is 4.98 Å². The molecule has 0 aliphatic carbocycles. The highest BCUT2D eigenvalue weighted by molar-refractivity contribution is 7.90. The van der Waals surface area contributed by atoms with Crippen LogP contribution in [0.3, 0.4) is 0 Å². The third-order valence-corrected chi connectivity index (χ3v) is 2.54. The second-order valence-corrected chi connectivity index (χ2v) is 5.20. The van der Waals surface area contributed by atoms with Gasteiger partial charge in [-0.25, -0.2) is 13.4 Å². The summed E-state index contributed by atoms with van der Waals surface area (Å²) in [5.41, 5.74) is 6.12. The summed E-state index contributed by atoms with van der Waals surface area (Å²) in [7, 11) is -2.90. The van der Waals surface area contributed by atoms with Crippen molar-refractivity contribution in [3.05, 3.63) is 18.2 Å². The topological polar surface area (TPSA) is 78.0 Å². The van der Waals surface area contributed by atoms with Crippen LogP contribution in [0.15, 0.2) is 12.5 Å². The van der Waals surface area contributed by atoms with Gasteiger partial charge in [-0.3, -0.25) is 0 Å². The van der Waals surface area contributed by atoms with Gasteiger partial charge in [0.25, 0.3) is 0 Å². The fourth-order valence-electron chi connectivity index (χ4n) is 0.905. The Bertz CT molecular complexity index is 369. The van der Waals surface area contributed by atoms with Gasteiger partial charge in [0.05, 0.1) is 17.8 Å². The predicted molar refractivity (Wildman–Crippen MR) is 49.8 cm³/mol. The van der Waals surface area contributed by atoms with E-state index in [9.17, 15) is 8.42 Å². The molecule has 1 aromatic heterocycles. The van der Waals surface area contributed by atoms with Gasteiger partial charge in [-0.05, 0) is 0 Å². The van der Waals surface area contributed by atoms with E-state index in [-0.39, 0.29) is 5.75 Å². The van der Waals surface area contributed by atoms with Crippen molar-refractivity contribution in [1.82, 2.24) is 9.55 Å². The predicted octanol–water partition coefficient (Wildman–Crippen LogP) is -0.614. The van der Waals surface area contributed by atoms with Gasteiger partial charge in [0, 0.05) is 25.5 Å². The molecule has 0 aliphatic rings. The molecule has 0 unspecified atom stereocenters. The molecule has 0 aromatic carbocycles. The highest BCUT2D eigenvalue weighted by atomic mass is 32.2. The first-order valence-electron chi connectivity index (χ1n) is 3.90. The highest BCUT2D eigenvalue weighted by Crippen LogP contribution is 1.95. The van der Waals surface area contributed by atoms with Crippen LogP contribution in [-0.4, -0.2) is 30.0 Å². The van der Waals surface area contributed by atoms with Crippen LogP contribution in [0, 0.1) is 0 Å². The first kappa shape index (κ1) is 10.2. The molecule has 0 atom stereocenters. The zero-order valence-electron chi connectivity index (χ0n) is 7.47. The number of aromatic nitrogens is 2. The van der Waals surface area contributed by atoms with Crippen molar-refractivity contribution in [3.8, 4) is 0 Å². The van der Waals surface area contributed by atoms with Crippen molar-refractivity contribution in [2.75, 3.05) is 12.0 Å². The molecular formula is C7H13N3O2S. The number of hydrogen-bond donors (Lipinski definition) is 1. The summed E-state index contributed by atoms with van der Waals surface area (Å²) in [6.07, 6.45) is 4.56. The third kappa shape index (κ3) is 3.56. The van der Waals surface area contributed by atoms with Gasteiger partial charge in [0.15, 0.2) is 0 Å². The van der Waals surface area contributed by atoms with Crippen LogP contribution in [0.25, 0.3) is 0 Å². The van der Waals surface area contributed by atoms with Crippen LogP contribution < -0.4 is 5.73 Å². The van der Waals surface area contributed by atoms with E-state index >= 15 is 0 Å². The van der Waals surface area contributed by atoms with Crippen LogP contribution in [0.5, 0.6) is 0 Å². The van der Waals surface area contributed by atoms with Crippen LogP contribution in [0.4, 0.5) is 0 Å². The van der Waals surface area contributed by atoms with E-state index in [1.807, 2.05) is 0 Å². The van der Waals surface area contributed by atoms with Crippen LogP contribution in [0.1, 0.15) is 5.69 Å². The standard InChI is InChI=1S/C7H13N3O2S/c1-13(11,12)3-2-10-5-7(4-8)9-6-10/h5-6H,2-4,8H2,1H3. The van der Waals surface area contributed by atoms with Gasteiger partial charge in [0.1, 0.15) is 9.84 Å². The van der Waals surface area contributed by atoms with Crippen molar-refractivity contribution < 1.29 is 8.42 Å². The molecule has 0 saturated heterocycles. The van der Waals surface area contributed by atoms with Gasteiger partial charge >= 0.3 is 0 Å². The summed E-state index contributed by atoms with van der Waals surface area (Å²) >= 11 is 0. The summed E-state index contributed by atoms with van der Waals surface area (Å²) in [6.45, 7) is 0.817. The Morgan fingerprint density at radius 1 is 1.62 bits per heavy atom. The van der Waals surface area contributed by atoms with Crippen LogP contribution in [-0.2, 0) is 22.9 Å². The minimum absolute atomic E-state index is 0.132. The van der Waals surface area contributed by atoms with Crippen molar-refractivity contribution >= 4 is 9.84 Å². The lowest BCUT2D eigenvalue weighted by Crippen LogP contribution is -2.09. The van der Waals surface area contributed by atoms with E-state index in [1.165, 1.54) is 6.26 Å². The number of imidazole rings is 1. The Balaban J connectivity index is 2.55. The fourth-order valence-corrected chi connectivity index (χ4v) is 1.45. The molecule has 13 heavy (non-hydrogen) atoms. The Morgan fingerprint density at radius 3 is 2.77 bits per heavy atom. The van der Waals surface area contributed by atoms with Crippen LogP contribution >= 0.6 is 0 Å². The average molecular weight is 203 g/mol. The lowest BCUT2D eigenvalue weighted by molar-refractivity contribution is 0.594. The number of sulfone groups is 1. The number of hydrogen-bond acceptors (Lipinski definition) is 4. The molecule has 5 nitrogen and oxygen atoms in total. The van der Waals surface area contributed by atoms with Gasteiger partial charge in [-0.1, -0.05) is 0 Å². The van der Waals surface area contributed by atoms with E-state index < -0.39 is 9.84 Å². The molecule has 0 aliphatic heterocycles. The summed E-state index contributed by atoms with van der Waals surface area (Å²) in [5.74, 6) is 0.132. The van der Waals surface area contributed by atoms with E-state index in [1.54, 1.807) is 17.1 Å². The number of nitrogens with zero attached hydrogens (tertiary/aromatic N) is 2. The Labute approximate surface area is 77.5 Å². The largest absolute Gasteiger partial charge is 0.336 e. The Kier molecular flexibility index (Phi) is 3.05. The Morgan fingerprint density at radius 2 is 2.31 bits per heavy atom. The molecule has 0 radical (unpaired) electrons. The van der Waals surface area contributed by atoms with E-state index in [0.29, 0.717) is 13.1 Å². The van der Waals surface area contributed by atoms with E-state index in [0.717, 1.165) is 5.69 Å². The lowest BCUT2D eigenvalue weighted by Gasteiger charge is -1.98. The number of aryl methyl sites for hydroxylation is 1. The number of rotatable bonds is 4. The molecule has 0 saturated carbocycles. The monoisotopic (exact) mass is 203 g/mol. The van der Waals surface area contributed by atoms with Gasteiger partial charge in [0.2, 0.25) is 0 Å². The van der Waals surface area contributed by atoms with Gasteiger partial charge in [-0.2, -0.15) is 0 Å². The molecule has 6 heteroatoms. The number of nitrogens with two attached hydrogens (primary N) is 1. The fraction of sp³-hybridized carbons (Fsp3) is 0.571. The molecule has 0 fully saturated rings. The molecule has 74 valence electrons. The molecule has 1 heterocycles. The minimum Gasteiger partial charge on any atom is -0.336 e. The van der Waals surface area contributed by atoms with Crippen molar-refractivity contribution in [3.63, 3.8) is 0 Å². The maximum Gasteiger partial charge on any atom is 0.149 e. The average Bonchev–Trinajstić information content (AvgIpc) is 2.47. The molecule has 1 rings (SSSR count). The third-order valence-electron chi connectivity index (χ3n) is 1.62. The summed E-state index contributed by atoms with van der Waals surface area (Å²) in [6, 6.07) is 0. The molecule has 2 N–H and O–H groups in total. The second kappa shape index (κ2) is 3.89. The van der Waals surface area contributed by atoms with Gasteiger partial charge < -0.3 is 10.3 Å². The molecule has 0 amide bonds. The highest BCUT2D eigenvalue weighted by Gasteiger charge is 2.02. The Hall–Kier alpha value is -0.880. The maximum atomic E-state index is 10.8. The van der Waals surface area contributed by atoms with Crippen LogP contribution in [0.2, 0.25) is 0 Å². The zero-order valence-corrected chi connectivity index (χ0v) is 8.29. The molecular weight excluding hydrogens is 190 g/mol.